The molecular formula is C14H23N5O. The lowest BCUT2D eigenvalue weighted by Gasteiger charge is -2.28. The van der Waals surface area contributed by atoms with Gasteiger partial charge >= 0.3 is 6.01 Å². The molecule has 6 nitrogen and oxygen atoms in total. The Bertz CT molecular complexity index is 458. The number of ether oxygens (including phenoxy) is 1. The molecular weight excluding hydrogens is 254 g/mol. The van der Waals surface area contributed by atoms with Gasteiger partial charge in [-0.25, -0.2) is 0 Å². The average molecular weight is 277 g/mol. The summed E-state index contributed by atoms with van der Waals surface area (Å²) in [4.78, 5) is 12.7. The molecule has 0 saturated heterocycles. The molecule has 2 aliphatic carbocycles. The fraction of sp³-hybridized carbons (Fsp3) is 0.786. The molecule has 0 spiro atoms. The summed E-state index contributed by atoms with van der Waals surface area (Å²) in [6.45, 7) is 2.24. The van der Waals surface area contributed by atoms with E-state index in [1.807, 2.05) is 0 Å². The van der Waals surface area contributed by atoms with Crippen LogP contribution >= 0.6 is 0 Å². The highest BCUT2D eigenvalue weighted by Gasteiger charge is 2.41. The van der Waals surface area contributed by atoms with E-state index in [2.05, 4.69) is 32.5 Å². The monoisotopic (exact) mass is 277 g/mol. The molecule has 0 amide bonds. The van der Waals surface area contributed by atoms with Crippen LogP contribution in [-0.2, 0) is 0 Å². The second kappa shape index (κ2) is 5.42. The van der Waals surface area contributed by atoms with Crippen molar-refractivity contribution in [3.05, 3.63) is 0 Å². The molecule has 0 aromatic carbocycles. The van der Waals surface area contributed by atoms with Gasteiger partial charge < -0.3 is 15.4 Å². The molecule has 6 heteroatoms. The number of nitrogens with one attached hydrogen (secondary N) is 2. The minimum absolute atomic E-state index is 0.340. The number of hydrogen-bond donors (Lipinski definition) is 2. The van der Waals surface area contributed by atoms with E-state index in [-0.39, 0.29) is 0 Å². The molecule has 2 saturated carbocycles. The first-order chi connectivity index (χ1) is 9.69. The molecule has 3 rings (SSSR count). The predicted octanol–water partition coefficient (Wildman–Crippen LogP) is 2.16. The van der Waals surface area contributed by atoms with Gasteiger partial charge in [0.1, 0.15) is 0 Å². The third-order valence-electron chi connectivity index (χ3n) is 4.81. The number of rotatable bonds is 5. The molecule has 2 aliphatic rings. The number of anilines is 2. The third kappa shape index (κ3) is 2.51. The second-order valence-electron chi connectivity index (χ2n) is 5.99. The first-order valence-electron chi connectivity index (χ1n) is 7.44. The first kappa shape index (κ1) is 13.4. The van der Waals surface area contributed by atoms with Crippen LogP contribution in [0.25, 0.3) is 0 Å². The summed E-state index contributed by atoms with van der Waals surface area (Å²) in [5.74, 6) is 3.70. The maximum absolute atomic E-state index is 5.11. The van der Waals surface area contributed by atoms with E-state index in [1.54, 1.807) is 14.2 Å². The first-order valence-corrected chi connectivity index (χ1v) is 7.44. The summed E-state index contributed by atoms with van der Waals surface area (Å²) in [5, 5.41) is 6.37. The smallest absolute Gasteiger partial charge is 0.322 e. The van der Waals surface area contributed by atoms with Crippen molar-refractivity contribution in [2.24, 2.45) is 17.8 Å². The molecule has 2 bridgehead atoms. The van der Waals surface area contributed by atoms with Crippen LogP contribution in [0.15, 0.2) is 0 Å². The maximum atomic E-state index is 5.11. The zero-order valence-corrected chi connectivity index (χ0v) is 12.4. The average Bonchev–Trinajstić information content (AvgIpc) is 3.09. The normalized spacial score (nSPS) is 29.2. The molecule has 1 heterocycles. The highest BCUT2D eigenvalue weighted by atomic mass is 16.5. The van der Waals surface area contributed by atoms with Gasteiger partial charge in [0.25, 0.3) is 0 Å². The van der Waals surface area contributed by atoms with E-state index in [4.69, 9.17) is 4.74 Å². The van der Waals surface area contributed by atoms with Crippen molar-refractivity contribution in [1.29, 1.82) is 0 Å². The highest BCUT2D eigenvalue weighted by Crippen LogP contribution is 2.49. The fourth-order valence-electron chi connectivity index (χ4n) is 3.84. The third-order valence-corrected chi connectivity index (χ3v) is 4.81. The Hall–Kier alpha value is -1.59. The van der Waals surface area contributed by atoms with Crippen LogP contribution in [0.2, 0.25) is 0 Å². The Balaban J connectivity index is 1.70. The fourth-order valence-corrected chi connectivity index (χ4v) is 3.84. The number of aromatic nitrogens is 3. The van der Waals surface area contributed by atoms with Crippen molar-refractivity contribution in [2.45, 2.75) is 38.6 Å². The molecule has 0 aliphatic heterocycles. The van der Waals surface area contributed by atoms with E-state index in [0.717, 1.165) is 17.8 Å². The van der Waals surface area contributed by atoms with E-state index in [1.165, 1.54) is 25.7 Å². The van der Waals surface area contributed by atoms with Gasteiger partial charge in [-0.2, -0.15) is 15.0 Å². The number of hydrogen-bond acceptors (Lipinski definition) is 6. The van der Waals surface area contributed by atoms with Crippen molar-refractivity contribution in [3.63, 3.8) is 0 Å². The highest BCUT2D eigenvalue weighted by molar-refractivity contribution is 5.36. The number of nitrogens with zero attached hydrogens (tertiary/aromatic N) is 3. The minimum atomic E-state index is 0.340. The summed E-state index contributed by atoms with van der Waals surface area (Å²) in [5.41, 5.74) is 0. The maximum Gasteiger partial charge on any atom is 0.322 e. The van der Waals surface area contributed by atoms with Crippen molar-refractivity contribution in [3.8, 4) is 6.01 Å². The lowest BCUT2D eigenvalue weighted by molar-refractivity contribution is 0.303. The topological polar surface area (TPSA) is 72.0 Å². The van der Waals surface area contributed by atoms with Crippen LogP contribution in [0.1, 0.15) is 32.6 Å². The van der Waals surface area contributed by atoms with Gasteiger partial charge in [0.2, 0.25) is 11.9 Å². The van der Waals surface area contributed by atoms with Crippen LogP contribution < -0.4 is 15.4 Å². The van der Waals surface area contributed by atoms with E-state index >= 15 is 0 Å². The van der Waals surface area contributed by atoms with Crippen LogP contribution in [0.5, 0.6) is 6.01 Å². The summed E-state index contributed by atoms with van der Waals surface area (Å²) < 4.78 is 5.11. The van der Waals surface area contributed by atoms with Crippen LogP contribution in [0.4, 0.5) is 11.9 Å². The van der Waals surface area contributed by atoms with Crippen molar-refractivity contribution in [2.75, 3.05) is 24.8 Å². The van der Waals surface area contributed by atoms with Crippen LogP contribution in [-0.4, -0.2) is 35.2 Å². The lowest BCUT2D eigenvalue weighted by atomic mass is 9.84. The Morgan fingerprint density at radius 3 is 2.55 bits per heavy atom. The van der Waals surface area contributed by atoms with Gasteiger partial charge in [-0.05, 0) is 43.9 Å². The summed E-state index contributed by atoms with van der Waals surface area (Å²) in [6, 6.07) is 0.731. The summed E-state index contributed by atoms with van der Waals surface area (Å²) >= 11 is 0. The minimum Gasteiger partial charge on any atom is -0.467 e. The van der Waals surface area contributed by atoms with Crippen LogP contribution in [0.3, 0.4) is 0 Å². The molecule has 1 aromatic heterocycles. The zero-order valence-electron chi connectivity index (χ0n) is 12.4. The Labute approximate surface area is 119 Å². The van der Waals surface area contributed by atoms with E-state index in [0.29, 0.717) is 23.9 Å². The second-order valence-corrected chi connectivity index (χ2v) is 5.99. The Morgan fingerprint density at radius 1 is 1.15 bits per heavy atom. The number of methoxy groups -OCH3 is 1. The molecule has 2 N–H and O–H groups in total. The molecule has 4 unspecified atom stereocenters. The summed E-state index contributed by atoms with van der Waals surface area (Å²) in [6.07, 6.45) is 5.58. The quantitative estimate of drug-likeness (QED) is 0.859. The van der Waals surface area contributed by atoms with Crippen molar-refractivity contribution in [1.82, 2.24) is 15.0 Å². The standard InChI is InChI=1S/C14H23N5O/c1-8(11-7-9-4-5-10(11)6-9)16-13-17-12(15-2)18-14(19-13)20-3/h8-11H,4-7H2,1-3H3,(H2,15,16,17,18,19). The molecule has 1 aromatic rings. The molecule has 2 fully saturated rings. The molecule has 4 atom stereocenters. The molecule has 20 heavy (non-hydrogen) atoms. The SMILES string of the molecule is CNc1nc(NC(C)C2CC3CCC2C3)nc(OC)n1. The largest absolute Gasteiger partial charge is 0.467 e. The number of fused-ring (bicyclic) bond motifs is 2. The molecule has 0 radical (unpaired) electrons. The molecule has 110 valence electrons. The summed E-state index contributed by atoms with van der Waals surface area (Å²) in [7, 11) is 3.36. The van der Waals surface area contributed by atoms with Gasteiger partial charge in [0.05, 0.1) is 7.11 Å². The lowest BCUT2D eigenvalue weighted by Crippen LogP contribution is -2.30. The van der Waals surface area contributed by atoms with Gasteiger partial charge in [0.15, 0.2) is 0 Å². The Kier molecular flexibility index (Phi) is 3.63. The van der Waals surface area contributed by atoms with Crippen LogP contribution in [0, 0.1) is 17.8 Å². The Morgan fingerprint density at radius 2 is 1.95 bits per heavy atom. The van der Waals surface area contributed by atoms with Crippen molar-refractivity contribution >= 4 is 11.9 Å². The van der Waals surface area contributed by atoms with Gasteiger partial charge in [0, 0.05) is 13.1 Å². The van der Waals surface area contributed by atoms with Gasteiger partial charge in [-0.1, -0.05) is 6.42 Å². The van der Waals surface area contributed by atoms with Gasteiger partial charge in [-0.3, -0.25) is 0 Å². The predicted molar refractivity (Wildman–Crippen MR) is 77.9 cm³/mol. The van der Waals surface area contributed by atoms with E-state index in [9.17, 15) is 0 Å². The zero-order chi connectivity index (χ0) is 14.1. The van der Waals surface area contributed by atoms with Gasteiger partial charge in [-0.15, -0.1) is 0 Å². The van der Waals surface area contributed by atoms with E-state index < -0.39 is 0 Å². The van der Waals surface area contributed by atoms with Crippen molar-refractivity contribution < 1.29 is 4.74 Å².